The van der Waals surface area contributed by atoms with E-state index in [0.717, 1.165) is 35.0 Å². The topological polar surface area (TPSA) is 71.0 Å². The number of carbonyl (C=O) groups excluding carboxylic acids is 2. The number of aliphatic imine (C=N–C) groups is 1. The summed E-state index contributed by atoms with van der Waals surface area (Å²) in [6.45, 7) is 4.65. The van der Waals surface area contributed by atoms with Gasteiger partial charge in [-0.2, -0.15) is 0 Å². The van der Waals surface area contributed by atoms with E-state index in [9.17, 15) is 9.59 Å². The standard InChI is InChI=1S/C24H25N3O3S/c1-15-8-10-17(11-9-15)22(28)26-19-7-4-6-18(14-19)21-20(23(29)30-3)16(2)25-24-27(21)12-5-13-31-24/h4,6-11,14,21H,5,12-13H2,1-3H3,(H,26,28)/t21-/m0/s1. The molecule has 2 heterocycles. The number of methoxy groups -OCH3 is 1. The third-order valence-corrected chi connectivity index (χ3v) is 6.51. The molecule has 0 radical (unpaired) electrons. The lowest BCUT2D eigenvalue weighted by atomic mass is 9.94. The maximum atomic E-state index is 12.7. The number of carbonyl (C=O) groups is 2. The monoisotopic (exact) mass is 435 g/mol. The largest absolute Gasteiger partial charge is 0.466 e. The number of amides is 1. The number of allylic oxidation sites excluding steroid dienone is 1. The molecule has 160 valence electrons. The molecular weight excluding hydrogens is 410 g/mol. The van der Waals surface area contributed by atoms with Crippen molar-refractivity contribution >= 4 is 34.5 Å². The number of aryl methyl sites for hydroxylation is 1. The SMILES string of the molecule is COC(=O)C1=C(C)N=C2SCCCN2[C@H]1c1cccc(NC(=O)c2ccc(C)cc2)c1. The highest BCUT2D eigenvalue weighted by Crippen LogP contribution is 2.40. The Balaban J connectivity index is 1.67. The van der Waals surface area contributed by atoms with Crippen LogP contribution in [-0.4, -0.2) is 41.4 Å². The first-order valence-electron chi connectivity index (χ1n) is 10.2. The van der Waals surface area contributed by atoms with E-state index in [4.69, 9.17) is 4.74 Å². The van der Waals surface area contributed by atoms with E-state index in [1.807, 2.05) is 62.4 Å². The molecule has 6 nitrogen and oxygen atoms in total. The lowest BCUT2D eigenvalue weighted by Crippen LogP contribution is -2.42. The summed E-state index contributed by atoms with van der Waals surface area (Å²) in [7, 11) is 1.39. The van der Waals surface area contributed by atoms with Gasteiger partial charge in [-0.25, -0.2) is 9.79 Å². The number of benzene rings is 2. The van der Waals surface area contributed by atoms with Gasteiger partial charge in [-0.15, -0.1) is 0 Å². The zero-order chi connectivity index (χ0) is 22.0. The highest BCUT2D eigenvalue weighted by atomic mass is 32.2. The highest BCUT2D eigenvalue weighted by Gasteiger charge is 2.37. The first kappa shape index (κ1) is 21.2. The zero-order valence-electron chi connectivity index (χ0n) is 17.8. The van der Waals surface area contributed by atoms with Gasteiger partial charge in [0, 0.05) is 23.5 Å². The minimum Gasteiger partial charge on any atom is -0.466 e. The Bertz CT molecular complexity index is 1080. The van der Waals surface area contributed by atoms with Crippen molar-refractivity contribution in [3.63, 3.8) is 0 Å². The van der Waals surface area contributed by atoms with Gasteiger partial charge in [-0.05, 0) is 50.1 Å². The number of anilines is 1. The Hall–Kier alpha value is -3.06. The second kappa shape index (κ2) is 8.98. The van der Waals surface area contributed by atoms with Gasteiger partial charge in [-0.3, -0.25) is 4.79 Å². The van der Waals surface area contributed by atoms with E-state index in [0.29, 0.717) is 22.5 Å². The molecule has 7 heteroatoms. The minimum absolute atomic E-state index is 0.170. The van der Waals surface area contributed by atoms with Crippen molar-refractivity contribution in [3.8, 4) is 0 Å². The molecule has 4 rings (SSSR count). The third kappa shape index (κ3) is 4.37. The predicted molar refractivity (Wildman–Crippen MR) is 124 cm³/mol. The van der Waals surface area contributed by atoms with Gasteiger partial charge < -0.3 is 15.0 Å². The predicted octanol–water partition coefficient (Wildman–Crippen LogP) is 4.54. The maximum absolute atomic E-state index is 12.7. The normalized spacial score (nSPS) is 18.2. The number of esters is 1. The summed E-state index contributed by atoms with van der Waals surface area (Å²) in [6.07, 6.45) is 1.01. The van der Waals surface area contributed by atoms with Gasteiger partial charge in [0.05, 0.1) is 24.4 Å². The van der Waals surface area contributed by atoms with Crippen molar-refractivity contribution in [1.29, 1.82) is 0 Å². The molecule has 0 bridgehead atoms. The Morgan fingerprint density at radius 2 is 1.94 bits per heavy atom. The summed E-state index contributed by atoms with van der Waals surface area (Å²) in [5, 5.41) is 3.90. The van der Waals surface area contributed by atoms with Crippen LogP contribution in [0.4, 0.5) is 5.69 Å². The summed E-state index contributed by atoms with van der Waals surface area (Å²) in [4.78, 5) is 32.2. The molecule has 2 aliphatic heterocycles. The smallest absolute Gasteiger partial charge is 0.338 e. The van der Waals surface area contributed by atoms with Gasteiger partial charge >= 0.3 is 5.97 Å². The van der Waals surface area contributed by atoms with E-state index in [-0.39, 0.29) is 17.9 Å². The fourth-order valence-corrected chi connectivity index (χ4v) is 4.90. The van der Waals surface area contributed by atoms with Crippen LogP contribution >= 0.6 is 11.8 Å². The maximum Gasteiger partial charge on any atom is 0.338 e. The van der Waals surface area contributed by atoms with E-state index in [2.05, 4.69) is 15.2 Å². The van der Waals surface area contributed by atoms with Crippen molar-refractivity contribution in [2.75, 3.05) is 24.7 Å². The Morgan fingerprint density at radius 3 is 2.68 bits per heavy atom. The average Bonchev–Trinajstić information content (AvgIpc) is 2.78. The Kier molecular flexibility index (Phi) is 6.13. The van der Waals surface area contributed by atoms with Gasteiger partial charge in [0.2, 0.25) is 0 Å². The molecule has 0 saturated carbocycles. The van der Waals surface area contributed by atoms with Crippen molar-refractivity contribution in [2.45, 2.75) is 26.3 Å². The molecule has 1 atom stereocenters. The van der Waals surface area contributed by atoms with Crippen molar-refractivity contribution in [1.82, 2.24) is 4.90 Å². The van der Waals surface area contributed by atoms with E-state index in [1.54, 1.807) is 11.8 Å². The molecule has 0 aliphatic carbocycles. The molecule has 1 saturated heterocycles. The third-order valence-electron chi connectivity index (χ3n) is 5.44. The molecule has 2 aromatic carbocycles. The summed E-state index contributed by atoms with van der Waals surface area (Å²) >= 11 is 1.70. The van der Waals surface area contributed by atoms with Gasteiger partial charge in [0.15, 0.2) is 5.17 Å². The van der Waals surface area contributed by atoms with Gasteiger partial charge in [-0.1, -0.05) is 41.6 Å². The zero-order valence-corrected chi connectivity index (χ0v) is 18.7. The van der Waals surface area contributed by atoms with Crippen LogP contribution in [0.5, 0.6) is 0 Å². The Labute approximate surface area is 186 Å². The summed E-state index contributed by atoms with van der Waals surface area (Å²) in [5.41, 5.74) is 4.50. The number of nitrogens with one attached hydrogen (secondary N) is 1. The second-order valence-electron chi connectivity index (χ2n) is 7.63. The fraction of sp³-hybridized carbons (Fsp3) is 0.292. The Morgan fingerprint density at radius 1 is 1.16 bits per heavy atom. The lowest BCUT2D eigenvalue weighted by Gasteiger charge is -2.40. The first-order chi connectivity index (χ1) is 15.0. The van der Waals surface area contributed by atoms with Crippen molar-refractivity contribution < 1.29 is 14.3 Å². The number of ether oxygens (including phenoxy) is 1. The van der Waals surface area contributed by atoms with Crippen LogP contribution in [0, 0.1) is 6.92 Å². The molecular formula is C24H25N3O3S. The first-order valence-corrected chi connectivity index (χ1v) is 11.2. The molecule has 0 spiro atoms. The highest BCUT2D eigenvalue weighted by molar-refractivity contribution is 8.13. The number of amidine groups is 1. The number of thioether (sulfide) groups is 1. The van der Waals surface area contributed by atoms with Crippen LogP contribution < -0.4 is 5.32 Å². The van der Waals surface area contributed by atoms with Gasteiger partial charge in [0.1, 0.15) is 0 Å². The van der Waals surface area contributed by atoms with Crippen LogP contribution in [-0.2, 0) is 9.53 Å². The molecule has 31 heavy (non-hydrogen) atoms. The molecule has 2 aromatic rings. The van der Waals surface area contributed by atoms with Crippen molar-refractivity contribution in [2.24, 2.45) is 4.99 Å². The average molecular weight is 436 g/mol. The van der Waals surface area contributed by atoms with E-state index < -0.39 is 0 Å². The van der Waals surface area contributed by atoms with Crippen LogP contribution in [0.2, 0.25) is 0 Å². The quantitative estimate of drug-likeness (QED) is 0.714. The minimum atomic E-state index is -0.380. The molecule has 2 aliphatic rings. The van der Waals surface area contributed by atoms with Crippen LogP contribution in [0.25, 0.3) is 0 Å². The fourth-order valence-electron chi connectivity index (χ4n) is 3.88. The molecule has 1 amide bonds. The van der Waals surface area contributed by atoms with Crippen molar-refractivity contribution in [3.05, 3.63) is 76.5 Å². The van der Waals surface area contributed by atoms with E-state index >= 15 is 0 Å². The molecule has 0 unspecified atom stereocenters. The van der Waals surface area contributed by atoms with Gasteiger partial charge in [0.25, 0.3) is 5.91 Å². The van der Waals surface area contributed by atoms with Crippen LogP contribution in [0.1, 0.15) is 40.9 Å². The van der Waals surface area contributed by atoms with Crippen LogP contribution in [0.3, 0.4) is 0 Å². The number of hydrogen-bond donors (Lipinski definition) is 1. The summed E-state index contributed by atoms with van der Waals surface area (Å²) < 4.78 is 5.08. The number of hydrogen-bond acceptors (Lipinski definition) is 6. The number of fused-ring (bicyclic) bond motifs is 1. The van der Waals surface area contributed by atoms with Crippen LogP contribution in [0.15, 0.2) is 64.8 Å². The molecule has 0 aromatic heterocycles. The number of rotatable bonds is 4. The molecule has 1 N–H and O–H groups in total. The van der Waals surface area contributed by atoms with E-state index in [1.165, 1.54) is 7.11 Å². The second-order valence-corrected chi connectivity index (χ2v) is 8.69. The molecule has 1 fully saturated rings. The summed E-state index contributed by atoms with van der Waals surface area (Å²) in [5.74, 6) is 0.460. The summed E-state index contributed by atoms with van der Waals surface area (Å²) in [6, 6.07) is 14.8. The lowest BCUT2D eigenvalue weighted by molar-refractivity contribution is -0.136. The number of nitrogens with zero attached hydrogens (tertiary/aromatic N) is 2.